The van der Waals surface area contributed by atoms with Crippen LogP contribution in [0.15, 0.2) is 42.6 Å². The van der Waals surface area contributed by atoms with Crippen LogP contribution >= 0.6 is 22.9 Å². The topological polar surface area (TPSA) is 42.9 Å². The number of Topliss-reactive ketones (excluding diaryl/α,β-unsaturated/α-hetero) is 1. The highest BCUT2D eigenvalue weighted by Gasteiger charge is 2.11. The lowest BCUT2D eigenvalue weighted by Crippen LogP contribution is -2.05. The molecule has 94 valence electrons. The van der Waals surface area contributed by atoms with Crippen molar-refractivity contribution in [2.24, 2.45) is 0 Å². The quantitative estimate of drug-likeness (QED) is 0.689. The first-order valence-corrected chi connectivity index (χ1v) is 6.91. The minimum atomic E-state index is -0.0447. The third-order valence-electron chi connectivity index (χ3n) is 2.70. The van der Waals surface area contributed by atoms with Crippen LogP contribution in [0.3, 0.4) is 0 Å². The van der Waals surface area contributed by atoms with Crippen LogP contribution in [0.5, 0.6) is 0 Å². The molecule has 3 rings (SSSR count). The summed E-state index contributed by atoms with van der Waals surface area (Å²) < 4.78 is 0.687. The van der Waals surface area contributed by atoms with Crippen molar-refractivity contribution in [3.05, 3.63) is 57.5 Å². The minimum Gasteiger partial charge on any atom is -0.292 e. The molecular formula is C14H9ClN2OS. The van der Waals surface area contributed by atoms with Crippen molar-refractivity contribution in [3.63, 3.8) is 0 Å². The molecular weight excluding hydrogens is 280 g/mol. The maximum Gasteiger partial charge on any atom is 0.187 e. The van der Waals surface area contributed by atoms with Gasteiger partial charge >= 0.3 is 0 Å². The van der Waals surface area contributed by atoms with Crippen molar-refractivity contribution in [1.29, 1.82) is 0 Å². The van der Waals surface area contributed by atoms with Crippen molar-refractivity contribution >= 4 is 39.8 Å². The van der Waals surface area contributed by atoms with Gasteiger partial charge in [-0.05, 0) is 24.3 Å². The van der Waals surface area contributed by atoms with Gasteiger partial charge in [-0.1, -0.05) is 23.7 Å². The number of halogens is 1. The Morgan fingerprint density at radius 2 is 1.95 bits per heavy atom. The van der Waals surface area contributed by atoms with Crippen molar-refractivity contribution < 1.29 is 4.79 Å². The van der Waals surface area contributed by atoms with E-state index in [1.165, 1.54) is 17.5 Å². The zero-order valence-electron chi connectivity index (χ0n) is 9.84. The molecule has 2 heterocycles. The average molecular weight is 289 g/mol. The molecule has 0 saturated heterocycles. The number of nitrogens with zero attached hydrogens (tertiary/aromatic N) is 2. The van der Waals surface area contributed by atoms with Crippen LogP contribution in [0.25, 0.3) is 11.0 Å². The zero-order chi connectivity index (χ0) is 13.2. The van der Waals surface area contributed by atoms with E-state index < -0.39 is 0 Å². The smallest absolute Gasteiger partial charge is 0.187 e. The SMILES string of the molecule is O=C(Cc1ccc(Cl)s1)c1cnc2ccccc2n1. The number of aromatic nitrogens is 2. The van der Waals surface area contributed by atoms with Crippen molar-refractivity contribution in [2.75, 3.05) is 0 Å². The second kappa shape index (κ2) is 5.07. The molecule has 0 spiro atoms. The van der Waals surface area contributed by atoms with E-state index >= 15 is 0 Å². The Labute approximate surface area is 118 Å². The molecule has 2 aromatic heterocycles. The Balaban J connectivity index is 1.89. The summed E-state index contributed by atoms with van der Waals surface area (Å²) in [5, 5.41) is 0. The van der Waals surface area contributed by atoms with E-state index in [0.29, 0.717) is 16.5 Å². The van der Waals surface area contributed by atoms with Crippen LogP contribution in [0.1, 0.15) is 15.4 Å². The lowest BCUT2D eigenvalue weighted by Gasteiger charge is -2.00. The number of thiophene rings is 1. The van der Waals surface area contributed by atoms with Gasteiger partial charge in [0.2, 0.25) is 0 Å². The Hall–Kier alpha value is -1.78. The highest BCUT2D eigenvalue weighted by molar-refractivity contribution is 7.16. The van der Waals surface area contributed by atoms with E-state index in [2.05, 4.69) is 9.97 Å². The molecule has 3 aromatic rings. The summed E-state index contributed by atoms with van der Waals surface area (Å²) >= 11 is 7.26. The van der Waals surface area contributed by atoms with Crippen molar-refractivity contribution in [1.82, 2.24) is 9.97 Å². The monoisotopic (exact) mass is 288 g/mol. The second-order valence-corrected chi connectivity index (χ2v) is 5.85. The Morgan fingerprint density at radius 1 is 1.16 bits per heavy atom. The van der Waals surface area contributed by atoms with Gasteiger partial charge in [-0.15, -0.1) is 11.3 Å². The number of hydrogen-bond acceptors (Lipinski definition) is 4. The molecule has 0 saturated carbocycles. The first-order chi connectivity index (χ1) is 9.22. The summed E-state index contributed by atoms with van der Waals surface area (Å²) in [5.41, 5.74) is 1.92. The molecule has 0 bridgehead atoms. The molecule has 0 aliphatic carbocycles. The normalized spacial score (nSPS) is 10.8. The number of para-hydroxylation sites is 2. The first-order valence-electron chi connectivity index (χ1n) is 5.71. The molecule has 0 unspecified atom stereocenters. The van der Waals surface area contributed by atoms with Crippen LogP contribution in [0.4, 0.5) is 0 Å². The van der Waals surface area contributed by atoms with Gasteiger partial charge < -0.3 is 0 Å². The van der Waals surface area contributed by atoms with E-state index in [1.54, 1.807) is 6.07 Å². The van der Waals surface area contributed by atoms with Gasteiger partial charge in [-0.3, -0.25) is 9.78 Å². The Bertz CT molecular complexity index is 754. The van der Waals surface area contributed by atoms with Gasteiger partial charge in [0.1, 0.15) is 5.69 Å². The third kappa shape index (κ3) is 2.64. The molecule has 0 aliphatic rings. The molecule has 5 heteroatoms. The standard InChI is InChI=1S/C14H9ClN2OS/c15-14-6-5-9(19-14)7-13(18)12-8-16-10-3-1-2-4-11(10)17-12/h1-6,8H,7H2. The number of rotatable bonds is 3. The highest BCUT2D eigenvalue weighted by Crippen LogP contribution is 2.22. The predicted molar refractivity (Wildman–Crippen MR) is 76.9 cm³/mol. The van der Waals surface area contributed by atoms with Gasteiger partial charge in [0.05, 0.1) is 21.6 Å². The van der Waals surface area contributed by atoms with Crippen LogP contribution in [-0.2, 0) is 6.42 Å². The third-order valence-corrected chi connectivity index (χ3v) is 3.93. The van der Waals surface area contributed by atoms with Crippen molar-refractivity contribution in [3.8, 4) is 0 Å². The Morgan fingerprint density at radius 3 is 2.68 bits per heavy atom. The lowest BCUT2D eigenvalue weighted by molar-refractivity contribution is 0.0989. The lowest BCUT2D eigenvalue weighted by atomic mass is 10.2. The molecule has 1 aromatic carbocycles. The fraction of sp³-hybridized carbons (Fsp3) is 0.0714. The molecule has 0 fully saturated rings. The largest absolute Gasteiger partial charge is 0.292 e. The predicted octanol–water partition coefficient (Wildman–Crippen LogP) is 3.77. The molecule has 0 N–H and O–H groups in total. The average Bonchev–Trinajstić information content (AvgIpc) is 2.83. The summed E-state index contributed by atoms with van der Waals surface area (Å²) in [4.78, 5) is 21.6. The molecule has 0 amide bonds. The maximum atomic E-state index is 12.1. The van der Waals surface area contributed by atoms with Gasteiger partial charge in [0.25, 0.3) is 0 Å². The molecule has 3 nitrogen and oxygen atoms in total. The molecule has 0 atom stereocenters. The van der Waals surface area contributed by atoms with E-state index in [0.717, 1.165) is 15.9 Å². The van der Waals surface area contributed by atoms with E-state index in [1.807, 2.05) is 30.3 Å². The fourth-order valence-corrected chi connectivity index (χ4v) is 2.87. The molecule has 0 aliphatic heterocycles. The number of fused-ring (bicyclic) bond motifs is 1. The zero-order valence-corrected chi connectivity index (χ0v) is 11.4. The Kier molecular flexibility index (Phi) is 3.27. The number of carbonyl (C=O) groups excluding carboxylic acids is 1. The van der Waals surface area contributed by atoms with Crippen molar-refractivity contribution in [2.45, 2.75) is 6.42 Å². The number of ketones is 1. The van der Waals surface area contributed by atoms with Gasteiger partial charge in [0, 0.05) is 11.3 Å². The first kappa shape index (κ1) is 12.3. The van der Waals surface area contributed by atoms with Gasteiger partial charge in [-0.25, -0.2) is 4.98 Å². The van der Waals surface area contributed by atoms with Crippen LogP contribution in [0, 0.1) is 0 Å². The van der Waals surface area contributed by atoms with E-state index in [4.69, 9.17) is 11.6 Å². The minimum absolute atomic E-state index is 0.0447. The number of carbonyl (C=O) groups is 1. The summed E-state index contributed by atoms with van der Waals surface area (Å²) in [6, 6.07) is 11.1. The van der Waals surface area contributed by atoms with Gasteiger partial charge in [-0.2, -0.15) is 0 Å². The summed E-state index contributed by atoms with van der Waals surface area (Å²) in [5.74, 6) is -0.0447. The van der Waals surface area contributed by atoms with Crippen LogP contribution < -0.4 is 0 Å². The number of benzene rings is 1. The van der Waals surface area contributed by atoms with Crippen LogP contribution in [-0.4, -0.2) is 15.8 Å². The summed E-state index contributed by atoms with van der Waals surface area (Å²) in [6.07, 6.45) is 1.84. The van der Waals surface area contributed by atoms with E-state index in [-0.39, 0.29) is 5.78 Å². The highest BCUT2D eigenvalue weighted by atomic mass is 35.5. The fourth-order valence-electron chi connectivity index (χ4n) is 1.79. The van der Waals surface area contributed by atoms with E-state index in [9.17, 15) is 4.79 Å². The maximum absolute atomic E-state index is 12.1. The summed E-state index contributed by atoms with van der Waals surface area (Å²) in [7, 11) is 0. The van der Waals surface area contributed by atoms with Crippen LogP contribution in [0.2, 0.25) is 4.34 Å². The second-order valence-electron chi connectivity index (χ2n) is 4.05. The molecule has 0 radical (unpaired) electrons. The van der Waals surface area contributed by atoms with Gasteiger partial charge in [0.15, 0.2) is 5.78 Å². The summed E-state index contributed by atoms with van der Waals surface area (Å²) in [6.45, 7) is 0. The molecule has 19 heavy (non-hydrogen) atoms. The number of hydrogen-bond donors (Lipinski definition) is 0.